The molecule has 7 aromatic rings. The van der Waals surface area contributed by atoms with Crippen LogP contribution < -0.4 is 0 Å². The zero-order chi connectivity index (χ0) is 32.7. The van der Waals surface area contributed by atoms with Crippen LogP contribution in [0.5, 0.6) is 0 Å². The van der Waals surface area contributed by atoms with Crippen molar-refractivity contribution in [1.82, 2.24) is 4.57 Å². The first kappa shape index (κ1) is 29.8. The monoisotopic (exact) mass is 647 g/mol. The summed E-state index contributed by atoms with van der Waals surface area (Å²) in [6.07, 6.45) is 8.29. The molecule has 1 heterocycles. The number of nitrogens with zero attached hydrogens (tertiary/aromatic N) is 1. The first-order chi connectivity index (χ1) is 24.2. The molecule has 0 aliphatic heterocycles. The molecule has 0 fully saturated rings. The topological polar surface area (TPSA) is 4.93 Å². The summed E-state index contributed by atoms with van der Waals surface area (Å²) in [7, 11) is 0. The second kappa shape index (κ2) is 12.6. The Balaban J connectivity index is 0.987. The largest absolute Gasteiger partial charge is 0.309 e. The Kier molecular flexibility index (Phi) is 7.67. The third-order valence-corrected chi connectivity index (χ3v) is 11.7. The van der Waals surface area contributed by atoms with Crippen LogP contribution in [0.1, 0.15) is 41.5 Å². The minimum absolute atomic E-state index is 0.417. The van der Waals surface area contributed by atoms with E-state index >= 15 is 0 Å². The van der Waals surface area contributed by atoms with Crippen LogP contribution in [0.25, 0.3) is 50.3 Å². The SMILES string of the molecule is CC1=C(SCc2ccccc2)C2c3ccccc3/C(=C\c3ccc(-c4ccc(-n5c6ccccc6c6ccccc65)cc4)cc3)CC2C=C1. The summed E-state index contributed by atoms with van der Waals surface area (Å²) >= 11 is 2.02. The lowest BCUT2D eigenvalue weighted by atomic mass is 9.70. The maximum atomic E-state index is 2.46. The quantitative estimate of drug-likeness (QED) is 0.174. The molecular weight excluding hydrogens is 611 g/mol. The molecule has 2 aliphatic rings. The highest BCUT2D eigenvalue weighted by Crippen LogP contribution is 2.52. The summed E-state index contributed by atoms with van der Waals surface area (Å²) in [4.78, 5) is 1.52. The van der Waals surface area contributed by atoms with Gasteiger partial charge in [0.15, 0.2) is 0 Å². The van der Waals surface area contributed by atoms with E-state index in [0.717, 1.165) is 12.2 Å². The molecule has 2 heteroatoms. The molecule has 9 rings (SSSR count). The fourth-order valence-electron chi connectivity index (χ4n) is 7.94. The molecule has 236 valence electrons. The van der Waals surface area contributed by atoms with E-state index in [0.29, 0.717) is 11.8 Å². The minimum atomic E-state index is 0.417. The van der Waals surface area contributed by atoms with Crippen LogP contribution in [0, 0.1) is 5.92 Å². The molecular formula is C47H37NS. The molecule has 0 radical (unpaired) electrons. The van der Waals surface area contributed by atoms with Crippen LogP contribution in [-0.2, 0) is 5.75 Å². The standard InChI is InChI=1S/C47H37NS/c1-32-19-22-37-30-38(40-13-5-6-16-43(40)46(37)47(32)49-31-34-11-3-2-4-12-34)29-33-20-23-35(24-21-33)36-25-27-39(28-26-36)48-44-17-9-7-14-41(44)42-15-8-10-18-45(42)48/h2-29,37,46H,30-31H2,1H3/b38-29-. The van der Waals surface area contributed by atoms with Crippen LogP contribution in [-0.4, -0.2) is 4.57 Å². The molecule has 2 atom stereocenters. The van der Waals surface area contributed by atoms with Gasteiger partial charge >= 0.3 is 0 Å². The van der Waals surface area contributed by atoms with Gasteiger partial charge in [0.1, 0.15) is 0 Å². The first-order valence-electron chi connectivity index (χ1n) is 17.3. The third-order valence-electron chi connectivity index (χ3n) is 10.3. The fourth-order valence-corrected chi connectivity index (χ4v) is 9.23. The Morgan fingerprint density at radius 3 is 1.98 bits per heavy atom. The average molecular weight is 648 g/mol. The van der Waals surface area contributed by atoms with E-state index in [9.17, 15) is 0 Å². The molecule has 0 bridgehead atoms. The van der Waals surface area contributed by atoms with Gasteiger partial charge in [0.05, 0.1) is 11.0 Å². The van der Waals surface area contributed by atoms with Gasteiger partial charge in [-0.2, -0.15) is 0 Å². The predicted molar refractivity (Wildman–Crippen MR) is 211 cm³/mol. The summed E-state index contributed by atoms with van der Waals surface area (Å²) in [5, 5.41) is 2.58. The van der Waals surface area contributed by atoms with Gasteiger partial charge in [-0.25, -0.2) is 0 Å². The van der Waals surface area contributed by atoms with E-state index in [1.54, 1.807) is 0 Å². The molecule has 1 nitrogen and oxygen atoms in total. The molecule has 49 heavy (non-hydrogen) atoms. The average Bonchev–Trinajstić information content (AvgIpc) is 3.50. The highest BCUT2D eigenvalue weighted by atomic mass is 32.2. The Morgan fingerprint density at radius 2 is 1.27 bits per heavy atom. The molecule has 6 aromatic carbocycles. The molecule has 0 saturated carbocycles. The van der Waals surface area contributed by atoms with Crippen LogP contribution in [0.4, 0.5) is 0 Å². The normalized spacial score (nSPS) is 17.9. The third kappa shape index (κ3) is 5.47. The lowest BCUT2D eigenvalue weighted by Gasteiger charge is -2.38. The van der Waals surface area contributed by atoms with Crippen molar-refractivity contribution in [3.63, 3.8) is 0 Å². The molecule has 0 amide bonds. The molecule has 2 unspecified atom stereocenters. The summed E-state index contributed by atoms with van der Waals surface area (Å²) in [6.45, 7) is 2.29. The van der Waals surface area contributed by atoms with Gasteiger partial charge in [-0.15, -0.1) is 11.8 Å². The Bertz CT molecular complexity index is 2350. The lowest BCUT2D eigenvalue weighted by Crippen LogP contribution is -2.22. The van der Waals surface area contributed by atoms with Crippen LogP contribution >= 0.6 is 11.8 Å². The molecule has 0 spiro atoms. The van der Waals surface area contributed by atoms with Crippen molar-refractivity contribution in [2.45, 2.75) is 25.0 Å². The Morgan fingerprint density at radius 1 is 0.653 bits per heavy atom. The van der Waals surface area contributed by atoms with Crippen molar-refractivity contribution in [2.75, 3.05) is 0 Å². The zero-order valence-corrected chi connectivity index (χ0v) is 28.4. The number of allylic oxidation sites excluding steroid dienone is 5. The number of benzene rings is 6. The van der Waals surface area contributed by atoms with Crippen LogP contribution in [0.3, 0.4) is 0 Å². The van der Waals surface area contributed by atoms with E-state index in [1.165, 1.54) is 76.9 Å². The van der Waals surface area contributed by atoms with E-state index in [-0.39, 0.29) is 0 Å². The number of thioether (sulfide) groups is 1. The van der Waals surface area contributed by atoms with E-state index in [4.69, 9.17) is 0 Å². The number of aromatic nitrogens is 1. The van der Waals surface area contributed by atoms with Crippen molar-refractivity contribution in [3.05, 3.63) is 197 Å². The summed E-state index contributed by atoms with van der Waals surface area (Å²) in [6, 6.07) is 55.4. The summed E-state index contributed by atoms with van der Waals surface area (Å²) in [5.41, 5.74) is 14.4. The minimum Gasteiger partial charge on any atom is -0.309 e. The van der Waals surface area contributed by atoms with E-state index in [1.807, 2.05) is 11.8 Å². The first-order valence-corrected chi connectivity index (χ1v) is 18.2. The van der Waals surface area contributed by atoms with Gasteiger partial charge in [0.25, 0.3) is 0 Å². The number of para-hydroxylation sites is 2. The zero-order valence-electron chi connectivity index (χ0n) is 27.6. The van der Waals surface area contributed by atoms with E-state index in [2.05, 4.69) is 181 Å². The highest BCUT2D eigenvalue weighted by molar-refractivity contribution is 8.02. The van der Waals surface area contributed by atoms with Crippen LogP contribution in [0.2, 0.25) is 0 Å². The molecule has 1 aromatic heterocycles. The van der Waals surface area contributed by atoms with Crippen molar-refractivity contribution >= 4 is 45.2 Å². The van der Waals surface area contributed by atoms with Crippen molar-refractivity contribution in [1.29, 1.82) is 0 Å². The predicted octanol–water partition coefficient (Wildman–Crippen LogP) is 12.9. The van der Waals surface area contributed by atoms with Crippen LogP contribution in [0.15, 0.2) is 174 Å². The molecule has 2 aliphatic carbocycles. The van der Waals surface area contributed by atoms with Gasteiger partial charge in [-0.05, 0) is 93.0 Å². The van der Waals surface area contributed by atoms with Gasteiger partial charge in [-0.3, -0.25) is 0 Å². The van der Waals surface area contributed by atoms with Crippen molar-refractivity contribution in [3.8, 4) is 16.8 Å². The highest BCUT2D eigenvalue weighted by Gasteiger charge is 2.35. The van der Waals surface area contributed by atoms with Gasteiger partial charge < -0.3 is 4.57 Å². The van der Waals surface area contributed by atoms with Gasteiger partial charge in [-0.1, -0.05) is 146 Å². The second-order valence-electron chi connectivity index (χ2n) is 13.3. The smallest absolute Gasteiger partial charge is 0.0541 e. The number of hydrogen-bond donors (Lipinski definition) is 0. The Hall–Kier alpha value is -5.31. The maximum absolute atomic E-state index is 2.46. The lowest BCUT2D eigenvalue weighted by molar-refractivity contribution is 0.566. The fraction of sp³-hybridized carbons (Fsp3) is 0.106. The second-order valence-corrected chi connectivity index (χ2v) is 14.3. The summed E-state index contributed by atoms with van der Waals surface area (Å²) in [5.74, 6) is 1.89. The maximum Gasteiger partial charge on any atom is 0.0541 e. The number of fused-ring (bicyclic) bond motifs is 6. The van der Waals surface area contributed by atoms with Gasteiger partial charge in [0.2, 0.25) is 0 Å². The Labute approximate surface area is 292 Å². The molecule has 0 saturated heterocycles. The van der Waals surface area contributed by atoms with E-state index < -0.39 is 0 Å². The van der Waals surface area contributed by atoms with Gasteiger partial charge in [0, 0.05) is 28.1 Å². The van der Waals surface area contributed by atoms with Crippen molar-refractivity contribution < 1.29 is 0 Å². The number of hydrogen-bond acceptors (Lipinski definition) is 1. The molecule has 0 N–H and O–H groups in total. The number of rotatable bonds is 6. The van der Waals surface area contributed by atoms with Crippen molar-refractivity contribution in [2.24, 2.45) is 5.92 Å². The summed E-state index contributed by atoms with van der Waals surface area (Å²) < 4.78 is 2.37.